The van der Waals surface area contributed by atoms with Crippen molar-refractivity contribution >= 4 is 13.8 Å². The molecule has 0 aromatic heterocycles. The molecule has 0 radical (unpaired) electrons. The maximum Gasteiger partial charge on any atom is 0.306 e. The van der Waals surface area contributed by atoms with E-state index in [1.807, 2.05) is 57.6 Å². The Labute approximate surface area is 342 Å². The number of nitrogens with zero attached hydrogens (tertiary/aromatic N) is 1. The summed E-state index contributed by atoms with van der Waals surface area (Å²) < 4.78 is 34.1. The van der Waals surface area contributed by atoms with Crippen molar-refractivity contribution in [3.05, 3.63) is 85.3 Å². The van der Waals surface area contributed by atoms with Crippen molar-refractivity contribution in [3.63, 3.8) is 0 Å². The third-order valence-electron chi connectivity index (χ3n) is 8.62. The Morgan fingerprint density at radius 1 is 0.696 bits per heavy atom. The lowest BCUT2D eigenvalue weighted by Gasteiger charge is -2.28. The van der Waals surface area contributed by atoms with Gasteiger partial charge in [0.1, 0.15) is 19.8 Å². The molecule has 0 aromatic rings. The average Bonchev–Trinajstić information content (AvgIpc) is 3.14. The summed E-state index contributed by atoms with van der Waals surface area (Å²) in [5.41, 5.74) is 0. The van der Waals surface area contributed by atoms with Gasteiger partial charge in [0.2, 0.25) is 0 Å². The number of ether oxygens (including phenoxy) is 2. The number of likely N-dealkylation sites (N-methyl/N-ethyl adjacent to an activating group) is 1. The van der Waals surface area contributed by atoms with Crippen LogP contribution in [0.15, 0.2) is 85.3 Å². The number of phosphoric ester groups is 1. The number of carbonyl (C=O) groups is 1. The average molecular weight is 806 g/mol. The minimum atomic E-state index is -4.59. The first kappa shape index (κ1) is 53.5. The Hall–Kier alpha value is -2.52. The Kier molecular flexibility index (Phi) is 36.3. The van der Waals surface area contributed by atoms with E-state index in [0.717, 1.165) is 38.5 Å². The molecule has 0 amide bonds. The second-order valence-electron chi connectivity index (χ2n) is 15.2. The highest BCUT2D eigenvalue weighted by Gasteiger charge is 2.20. The normalized spacial score (nSPS) is 15.1. The molecular weight excluding hydrogens is 725 g/mol. The minimum Gasteiger partial charge on any atom is -0.756 e. The van der Waals surface area contributed by atoms with Crippen molar-refractivity contribution in [2.45, 2.75) is 154 Å². The number of aliphatic hydroxyl groups is 1. The lowest BCUT2D eigenvalue weighted by atomic mass is 10.0. The monoisotopic (exact) mass is 806 g/mol. The highest BCUT2D eigenvalue weighted by atomic mass is 31.2. The zero-order valence-corrected chi connectivity index (χ0v) is 36.8. The van der Waals surface area contributed by atoms with E-state index in [4.69, 9.17) is 18.5 Å². The fourth-order valence-electron chi connectivity index (χ4n) is 5.27. The molecule has 3 atom stereocenters. The topological polar surface area (TPSA) is 114 Å². The molecule has 9 nitrogen and oxygen atoms in total. The quantitative estimate of drug-likeness (QED) is 0.0125. The van der Waals surface area contributed by atoms with Crippen molar-refractivity contribution < 1.29 is 42.4 Å². The summed E-state index contributed by atoms with van der Waals surface area (Å²) in [4.78, 5) is 25.0. The predicted octanol–water partition coefficient (Wildman–Crippen LogP) is 11.2. The highest BCUT2D eigenvalue weighted by Crippen LogP contribution is 2.38. The molecule has 0 fully saturated rings. The zero-order chi connectivity index (χ0) is 41.4. The van der Waals surface area contributed by atoms with E-state index in [1.54, 1.807) is 12.3 Å². The van der Waals surface area contributed by atoms with Gasteiger partial charge in [0.25, 0.3) is 7.82 Å². The van der Waals surface area contributed by atoms with E-state index >= 15 is 0 Å². The smallest absolute Gasteiger partial charge is 0.306 e. The first-order valence-corrected chi connectivity index (χ1v) is 22.9. The Balaban J connectivity index is 4.56. The summed E-state index contributed by atoms with van der Waals surface area (Å²) in [5, 5.41) is 10.2. The van der Waals surface area contributed by atoms with E-state index in [0.29, 0.717) is 23.9 Å². The van der Waals surface area contributed by atoms with Crippen molar-refractivity contribution in [3.8, 4) is 0 Å². The molecular formula is C46H80NO8P. The summed E-state index contributed by atoms with van der Waals surface area (Å²) in [5.74, 6) is -0.501. The van der Waals surface area contributed by atoms with Crippen LogP contribution in [-0.4, -0.2) is 75.3 Å². The molecule has 0 bridgehead atoms. The Morgan fingerprint density at radius 2 is 1.29 bits per heavy atom. The second-order valence-corrected chi connectivity index (χ2v) is 16.7. The molecule has 0 rings (SSSR count). The standard InChI is InChI=1S/C46H80NO8P/c1-6-8-10-12-14-16-18-20-22-24-26-28-30-35-40-52-42-45(43-54-56(50,51)53-41-39-47(3,4)5)55-46(49)38-34-31-33-37-44(48)36-32-29-27-25-23-21-19-17-15-13-11-9-7-2/h9,11,15,17,21,23,27,29,31-33,35-36,40,44-45,48H,6-8,10,12-14,16,18-20,22,24-26,28,30,34,37-39,41-43H2,1-5H3/b11-9-,17-15-,23-21-,29-27-,33-31-,36-32-,40-35+/t44?,45-/m1/s1. The summed E-state index contributed by atoms with van der Waals surface area (Å²) >= 11 is 0. The maximum atomic E-state index is 12.6. The molecule has 56 heavy (non-hydrogen) atoms. The van der Waals surface area contributed by atoms with Crippen molar-refractivity contribution in [2.24, 2.45) is 0 Å². The van der Waals surface area contributed by atoms with Crippen molar-refractivity contribution in [2.75, 3.05) is 47.5 Å². The van der Waals surface area contributed by atoms with Crippen LogP contribution in [0.3, 0.4) is 0 Å². The van der Waals surface area contributed by atoms with Crippen LogP contribution in [0.1, 0.15) is 142 Å². The lowest BCUT2D eigenvalue weighted by molar-refractivity contribution is -0.870. The summed E-state index contributed by atoms with van der Waals surface area (Å²) in [6.45, 7) is 4.39. The number of phosphoric acid groups is 1. The molecule has 0 heterocycles. The molecule has 322 valence electrons. The van der Waals surface area contributed by atoms with Gasteiger partial charge in [-0.25, -0.2) is 0 Å². The molecule has 0 saturated heterocycles. The molecule has 0 saturated carbocycles. The van der Waals surface area contributed by atoms with Crippen LogP contribution >= 0.6 is 7.82 Å². The van der Waals surface area contributed by atoms with Crippen LogP contribution < -0.4 is 4.89 Å². The van der Waals surface area contributed by atoms with E-state index in [9.17, 15) is 19.4 Å². The zero-order valence-electron chi connectivity index (χ0n) is 35.9. The van der Waals surface area contributed by atoms with Gasteiger partial charge in [0.15, 0.2) is 6.10 Å². The molecule has 0 aromatic carbocycles. The van der Waals surface area contributed by atoms with Crippen LogP contribution in [0.2, 0.25) is 0 Å². The number of quaternary nitrogens is 1. The summed E-state index contributed by atoms with van der Waals surface area (Å²) in [6, 6.07) is 0. The van der Waals surface area contributed by atoms with Gasteiger partial charge in [-0.2, -0.15) is 0 Å². The van der Waals surface area contributed by atoms with E-state index in [-0.39, 0.29) is 19.6 Å². The first-order valence-electron chi connectivity index (χ1n) is 21.5. The van der Waals surface area contributed by atoms with Crippen molar-refractivity contribution in [1.82, 2.24) is 0 Å². The maximum absolute atomic E-state index is 12.6. The van der Waals surface area contributed by atoms with Crippen LogP contribution in [0.25, 0.3) is 0 Å². The van der Waals surface area contributed by atoms with Crippen LogP contribution in [-0.2, 0) is 27.9 Å². The number of allylic oxidation sites excluding steroid dienone is 11. The van der Waals surface area contributed by atoms with Gasteiger partial charge in [-0.05, 0) is 57.4 Å². The largest absolute Gasteiger partial charge is 0.756 e. The number of hydrogen-bond acceptors (Lipinski definition) is 8. The number of rotatable bonds is 38. The third-order valence-corrected chi connectivity index (χ3v) is 9.58. The second kappa shape index (κ2) is 38.0. The van der Waals surface area contributed by atoms with Crippen LogP contribution in [0, 0.1) is 0 Å². The van der Waals surface area contributed by atoms with Gasteiger partial charge in [-0.1, -0.05) is 157 Å². The fraction of sp³-hybridized carbons (Fsp3) is 0.674. The van der Waals surface area contributed by atoms with Crippen LogP contribution in [0.5, 0.6) is 0 Å². The SMILES string of the molecule is CC/C=C\C/C=C\C/C=C\C/C=C\C=C/C(O)C/C=C\CCC(=O)O[C@H](CO/C=C/CCCCCCCCCCCCCC)COP(=O)([O-])OCC[N+](C)(C)C. The summed E-state index contributed by atoms with van der Waals surface area (Å²) in [6.07, 6.45) is 47.2. The molecule has 10 heteroatoms. The number of esters is 1. The van der Waals surface area contributed by atoms with Gasteiger partial charge in [-0.15, -0.1) is 0 Å². The number of carbonyl (C=O) groups excluding carboxylic acids is 1. The number of aliphatic hydroxyl groups excluding tert-OH is 1. The minimum absolute atomic E-state index is 0.0195. The molecule has 0 aliphatic heterocycles. The lowest BCUT2D eigenvalue weighted by Crippen LogP contribution is -2.37. The Bertz CT molecular complexity index is 1180. The summed E-state index contributed by atoms with van der Waals surface area (Å²) in [7, 11) is 1.20. The number of hydrogen-bond donors (Lipinski definition) is 1. The van der Waals surface area contributed by atoms with Gasteiger partial charge >= 0.3 is 5.97 Å². The molecule has 0 aliphatic carbocycles. The van der Waals surface area contributed by atoms with Gasteiger partial charge < -0.3 is 33.0 Å². The molecule has 2 unspecified atom stereocenters. The van der Waals surface area contributed by atoms with Crippen LogP contribution in [0.4, 0.5) is 0 Å². The molecule has 1 N–H and O–H groups in total. The Morgan fingerprint density at radius 3 is 1.89 bits per heavy atom. The third kappa shape index (κ3) is 41.1. The van der Waals surface area contributed by atoms with E-state index in [2.05, 4.69) is 50.3 Å². The van der Waals surface area contributed by atoms with Gasteiger partial charge in [-0.3, -0.25) is 9.36 Å². The van der Waals surface area contributed by atoms with Gasteiger partial charge in [0, 0.05) is 6.42 Å². The van der Waals surface area contributed by atoms with Gasteiger partial charge in [0.05, 0.1) is 40.1 Å². The fourth-order valence-corrected chi connectivity index (χ4v) is 6.00. The van der Waals surface area contributed by atoms with Crippen molar-refractivity contribution in [1.29, 1.82) is 0 Å². The first-order chi connectivity index (χ1) is 27.0. The highest BCUT2D eigenvalue weighted by molar-refractivity contribution is 7.45. The van der Waals surface area contributed by atoms with E-state index in [1.165, 1.54) is 70.6 Å². The molecule has 0 aliphatic rings. The predicted molar refractivity (Wildman–Crippen MR) is 232 cm³/mol. The van der Waals surface area contributed by atoms with E-state index < -0.39 is 32.6 Å². The molecule has 0 spiro atoms. The number of unbranched alkanes of at least 4 members (excludes halogenated alkanes) is 12.